The third kappa shape index (κ3) is 8.76. The molecule has 3 rings (SSSR count). The quantitative estimate of drug-likeness (QED) is 0.250. The number of carbonyl (C=O) groups excluding carboxylic acids is 2. The topological polar surface area (TPSA) is 144 Å². The Morgan fingerprint density at radius 2 is 1.70 bits per heavy atom. The van der Waals surface area contributed by atoms with Gasteiger partial charge in [0.2, 0.25) is 11.9 Å². The van der Waals surface area contributed by atoms with E-state index in [2.05, 4.69) is 25.7 Å². The molecule has 1 aliphatic carbocycles. The van der Waals surface area contributed by atoms with Gasteiger partial charge in [-0.15, -0.1) is 4.99 Å². The van der Waals surface area contributed by atoms with Gasteiger partial charge >= 0.3 is 16.2 Å². The summed E-state index contributed by atoms with van der Waals surface area (Å²) in [4.78, 5) is 28.0. The number of methoxy groups -OCH3 is 2. The smallest absolute Gasteiger partial charge is 0.436 e. The van der Waals surface area contributed by atoms with Gasteiger partial charge in [-0.1, -0.05) is 37.5 Å². The maximum absolute atomic E-state index is 12.7. The Bertz CT molecular complexity index is 1200. The Balaban J connectivity index is 1.89. The van der Waals surface area contributed by atoms with Gasteiger partial charge in [0.05, 0.1) is 18.5 Å². The Hall–Kier alpha value is -3.64. The molecule has 0 saturated heterocycles. The lowest BCUT2D eigenvalue weighted by Gasteiger charge is -2.23. The second-order valence-electron chi connectivity index (χ2n) is 8.48. The maximum atomic E-state index is 12.7. The normalized spacial score (nSPS) is 14.5. The summed E-state index contributed by atoms with van der Waals surface area (Å²) in [6.45, 7) is 0.385. The van der Waals surface area contributed by atoms with Gasteiger partial charge in [0.25, 0.3) is 0 Å². The van der Waals surface area contributed by atoms with E-state index in [0.29, 0.717) is 18.2 Å². The molecule has 0 unspecified atom stereocenters. The monoisotopic (exact) mass is 532 g/mol. The highest BCUT2D eigenvalue weighted by molar-refractivity contribution is 7.87. The van der Waals surface area contributed by atoms with Crippen LogP contribution >= 0.6 is 0 Å². The number of guanidine groups is 1. The summed E-state index contributed by atoms with van der Waals surface area (Å²) >= 11 is 0. The van der Waals surface area contributed by atoms with Crippen molar-refractivity contribution in [3.63, 3.8) is 0 Å². The van der Waals surface area contributed by atoms with Crippen molar-refractivity contribution in [1.29, 1.82) is 0 Å². The number of rotatable bonds is 9. The van der Waals surface area contributed by atoms with Crippen molar-refractivity contribution in [3.05, 3.63) is 48.5 Å². The average molecular weight is 533 g/mol. The molecule has 2 aromatic rings. The Morgan fingerprint density at radius 3 is 2.38 bits per heavy atom. The number of amides is 2. The van der Waals surface area contributed by atoms with Gasteiger partial charge in [0, 0.05) is 19.7 Å². The van der Waals surface area contributed by atoms with Crippen molar-refractivity contribution in [2.75, 3.05) is 38.0 Å². The van der Waals surface area contributed by atoms with Gasteiger partial charge in [0.15, 0.2) is 0 Å². The molecular weight excluding hydrogens is 500 g/mol. The molecule has 0 spiro atoms. The fourth-order valence-corrected chi connectivity index (χ4v) is 4.82. The number of aliphatic imine (C=N–C) groups is 1. The summed E-state index contributed by atoms with van der Waals surface area (Å²) in [5.74, 6) is 0.0613. The van der Waals surface area contributed by atoms with Gasteiger partial charge < -0.3 is 29.6 Å². The molecule has 0 bridgehead atoms. The first-order chi connectivity index (χ1) is 17.8. The van der Waals surface area contributed by atoms with Gasteiger partial charge in [-0.3, -0.25) is 4.79 Å². The zero-order chi connectivity index (χ0) is 26.7. The highest BCUT2D eigenvalue weighted by Gasteiger charge is 2.19. The van der Waals surface area contributed by atoms with Crippen LogP contribution in [0.4, 0.5) is 16.2 Å². The predicted molar refractivity (Wildman–Crippen MR) is 139 cm³/mol. The number of carbonyl (C=O) groups is 2. The minimum Gasteiger partial charge on any atom is -0.451 e. The lowest BCUT2D eigenvalue weighted by atomic mass is 9.89. The van der Waals surface area contributed by atoms with Crippen molar-refractivity contribution in [3.8, 4) is 5.75 Å². The fourth-order valence-electron chi connectivity index (χ4n) is 3.88. The zero-order valence-corrected chi connectivity index (χ0v) is 21.7. The van der Waals surface area contributed by atoms with Crippen molar-refractivity contribution >= 4 is 39.5 Å². The third-order valence-corrected chi connectivity index (χ3v) is 6.95. The molecule has 0 aliphatic heterocycles. The second kappa shape index (κ2) is 13.6. The number of nitrogens with zero attached hydrogens (tertiary/aromatic N) is 1. The minimum absolute atomic E-state index is 0.0101. The van der Waals surface area contributed by atoms with Gasteiger partial charge in [-0.2, -0.15) is 8.42 Å². The van der Waals surface area contributed by atoms with E-state index >= 15 is 0 Å². The molecule has 1 saturated carbocycles. The third-order valence-electron chi connectivity index (χ3n) is 5.69. The average Bonchev–Trinajstić information content (AvgIpc) is 2.89. The van der Waals surface area contributed by atoms with Crippen LogP contribution in [-0.4, -0.2) is 53.7 Å². The van der Waals surface area contributed by atoms with Gasteiger partial charge in [0.1, 0.15) is 17.3 Å². The van der Waals surface area contributed by atoms with Crippen LogP contribution in [-0.2, 0) is 24.4 Å². The van der Waals surface area contributed by atoms with Crippen molar-refractivity contribution < 1.29 is 31.7 Å². The Labute approximate surface area is 216 Å². The first kappa shape index (κ1) is 27.9. The molecule has 0 heterocycles. The second-order valence-corrected chi connectivity index (χ2v) is 10.0. The molecule has 37 heavy (non-hydrogen) atoms. The number of hydrogen-bond donors (Lipinski definition) is 3. The van der Waals surface area contributed by atoms with E-state index in [1.165, 1.54) is 51.0 Å². The van der Waals surface area contributed by atoms with E-state index in [1.54, 1.807) is 18.2 Å². The van der Waals surface area contributed by atoms with E-state index in [0.717, 1.165) is 25.7 Å². The summed E-state index contributed by atoms with van der Waals surface area (Å²) in [5.41, 5.74) is 0.535. The summed E-state index contributed by atoms with van der Waals surface area (Å²) in [6, 6.07) is 12.0. The first-order valence-electron chi connectivity index (χ1n) is 11.9. The molecule has 11 nitrogen and oxygen atoms in total. The van der Waals surface area contributed by atoms with Crippen LogP contribution in [0.1, 0.15) is 32.1 Å². The lowest BCUT2D eigenvalue weighted by Crippen LogP contribution is -2.36. The summed E-state index contributed by atoms with van der Waals surface area (Å²) in [6.07, 6.45) is 4.81. The Kier molecular flexibility index (Phi) is 10.3. The van der Waals surface area contributed by atoms with Gasteiger partial charge in [-0.05, 0) is 43.0 Å². The maximum Gasteiger partial charge on any atom is 0.436 e. The van der Waals surface area contributed by atoms with Crippen LogP contribution in [0.15, 0.2) is 58.4 Å². The zero-order valence-electron chi connectivity index (χ0n) is 20.9. The number of benzene rings is 2. The van der Waals surface area contributed by atoms with Crippen LogP contribution in [0, 0.1) is 5.92 Å². The van der Waals surface area contributed by atoms with E-state index in [9.17, 15) is 18.0 Å². The van der Waals surface area contributed by atoms with Crippen molar-refractivity contribution in [2.24, 2.45) is 10.9 Å². The highest BCUT2D eigenvalue weighted by atomic mass is 32.2. The molecule has 200 valence electrons. The molecule has 0 atom stereocenters. The van der Waals surface area contributed by atoms with Crippen LogP contribution in [0.25, 0.3) is 0 Å². The van der Waals surface area contributed by atoms with Crippen LogP contribution < -0.4 is 20.1 Å². The van der Waals surface area contributed by atoms with E-state index in [-0.39, 0.29) is 28.9 Å². The van der Waals surface area contributed by atoms with Crippen LogP contribution in [0.5, 0.6) is 5.75 Å². The number of anilines is 2. The highest BCUT2D eigenvalue weighted by Crippen LogP contribution is 2.29. The molecule has 2 aromatic carbocycles. The largest absolute Gasteiger partial charge is 0.451 e. The number of hydrogen-bond acceptors (Lipinski definition) is 7. The minimum atomic E-state index is -4.11. The molecule has 3 N–H and O–H groups in total. The SMILES string of the molecule is COCC(=O)Nc1ccc(OS(=O)(=O)c2ccccc2)cc1N/C(=N\C(=O)OC)NCC1CCCCC1. The number of nitrogens with one attached hydrogen (secondary N) is 3. The molecule has 2 amide bonds. The van der Waals surface area contributed by atoms with Crippen LogP contribution in [0.2, 0.25) is 0 Å². The molecule has 1 fully saturated rings. The molecule has 12 heteroatoms. The summed E-state index contributed by atoms with van der Waals surface area (Å²) < 4.78 is 40.3. The molecule has 0 radical (unpaired) electrons. The van der Waals surface area contributed by atoms with Gasteiger partial charge in [-0.25, -0.2) is 4.79 Å². The fraction of sp³-hybridized carbons (Fsp3) is 0.400. The molecule has 1 aliphatic rings. The van der Waals surface area contributed by atoms with Crippen LogP contribution in [0.3, 0.4) is 0 Å². The molecular formula is C25H32N4O7S. The van der Waals surface area contributed by atoms with Crippen molar-refractivity contribution in [2.45, 2.75) is 37.0 Å². The summed E-state index contributed by atoms with van der Waals surface area (Å²) in [5, 5.41) is 8.80. The molecule has 0 aromatic heterocycles. The lowest BCUT2D eigenvalue weighted by molar-refractivity contribution is -0.119. The predicted octanol–water partition coefficient (Wildman–Crippen LogP) is 3.74. The van der Waals surface area contributed by atoms with E-state index < -0.39 is 22.1 Å². The van der Waals surface area contributed by atoms with Crippen molar-refractivity contribution in [1.82, 2.24) is 5.32 Å². The standard InChI is InChI=1S/C25H32N4O7S/c1-34-17-23(30)27-21-14-13-19(36-37(32,33)20-11-7-4-8-12-20)15-22(21)28-24(29-25(31)35-2)26-16-18-9-5-3-6-10-18/h4,7-8,11-15,18H,3,5-6,9-10,16-17H2,1-2H3,(H,27,30)(H2,26,28,29,31). The number of ether oxygens (including phenoxy) is 2. The first-order valence-corrected chi connectivity index (χ1v) is 13.3. The summed E-state index contributed by atoms with van der Waals surface area (Å²) in [7, 11) is -1.50. The Morgan fingerprint density at radius 1 is 0.973 bits per heavy atom. The van der Waals surface area contributed by atoms with E-state index in [4.69, 9.17) is 8.92 Å². The van der Waals surface area contributed by atoms with E-state index in [1.807, 2.05) is 0 Å².